The number of amides is 1. The van der Waals surface area contributed by atoms with Crippen LogP contribution in [0.2, 0.25) is 0 Å². The van der Waals surface area contributed by atoms with Gasteiger partial charge in [0, 0.05) is 11.8 Å². The summed E-state index contributed by atoms with van der Waals surface area (Å²) in [5, 5.41) is 0. The summed E-state index contributed by atoms with van der Waals surface area (Å²) >= 11 is 0. The smallest absolute Gasteiger partial charge is 0.241 e. The molecule has 0 atom stereocenters. The Balaban J connectivity index is 2.96. The zero-order valence-electron chi connectivity index (χ0n) is 7.45. The van der Waals surface area contributed by atoms with Crippen LogP contribution in [-0.4, -0.2) is 5.91 Å². The molecule has 1 amide bonds. The van der Waals surface area contributed by atoms with Crippen LogP contribution in [-0.2, 0) is 4.79 Å². The number of carbonyl (C=O) groups excluding carboxylic acids is 1. The number of hydrogen-bond donors (Lipinski definition) is 2. The van der Waals surface area contributed by atoms with Crippen LogP contribution in [0, 0.1) is 6.92 Å². The summed E-state index contributed by atoms with van der Waals surface area (Å²) in [7, 11) is 0. The van der Waals surface area contributed by atoms with Gasteiger partial charge in [-0.3, -0.25) is 4.79 Å². The SMILES string of the molecule is Cc1ccc(/C=C/C(N)=O)c(N)c1. The fourth-order valence-corrected chi connectivity index (χ4v) is 1.02. The molecule has 1 aromatic carbocycles. The van der Waals surface area contributed by atoms with Gasteiger partial charge in [-0.05, 0) is 30.2 Å². The van der Waals surface area contributed by atoms with Gasteiger partial charge in [0.25, 0.3) is 0 Å². The molecule has 0 unspecified atom stereocenters. The van der Waals surface area contributed by atoms with E-state index in [4.69, 9.17) is 11.5 Å². The van der Waals surface area contributed by atoms with Crippen molar-refractivity contribution in [1.82, 2.24) is 0 Å². The summed E-state index contributed by atoms with van der Waals surface area (Å²) in [4.78, 5) is 10.4. The highest BCUT2D eigenvalue weighted by molar-refractivity contribution is 5.91. The lowest BCUT2D eigenvalue weighted by Crippen LogP contribution is -2.05. The van der Waals surface area contributed by atoms with E-state index in [0.29, 0.717) is 5.69 Å². The highest BCUT2D eigenvalue weighted by Gasteiger charge is 1.94. The number of aryl methyl sites for hydroxylation is 1. The van der Waals surface area contributed by atoms with E-state index in [-0.39, 0.29) is 0 Å². The maximum atomic E-state index is 10.4. The van der Waals surface area contributed by atoms with Crippen LogP contribution in [0.3, 0.4) is 0 Å². The molecule has 3 heteroatoms. The zero-order chi connectivity index (χ0) is 9.84. The maximum Gasteiger partial charge on any atom is 0.241 e. The molecule has 68 valence electrons. The molecule has 13 heavy (non-hydrogen) atoms. The second-order valence-electron chi connectivity index (χ2n) is 2.87. The van der Waals surface area contributed by atoms with Crippen molar-refractivity contribution in [2.24, 2.45) is 5.73 Å². The molecule has 1 rings (SSSR count). The number of hydrogen-bond acceptors (Lipinski definition) is 2. The monoisotopic (exact) mass is 176 g/mol. The van der Waals surface area contributed by atoms with E-state index in [0.717, 1.165) is 11.1 Å². The first-order valence-corrected chi connectivity index (χ1v) is 3.93. The van der Waals surface area contributed by atoms with Crippen molar-refractivity contribution in [2.75, 3.05) is 5.73 Å². The Morgan fingerprint density at radius 2 is 2.15 bits per heavy atom. The highest BCUT2D eigenvalue weighted by atomic mass is 16.1. The van der Waals surface area contributed by atoms with Gasteiger partial charge in [-0.1, -0.05) is 12.1 Å². The van der Waals surface area contributed by atoms with Gasteiger partial charge in [0.15, 0.2) is 0 Å². The lowest BCUT2D eigenvalue weighted by atomic mass is 10.1. The highest BCUT2D eigenvalue weighted by Crippen LogP contribution is 2.14. The molecule has 0 aliphatic rings. The number of nitrogen functional groups attached to an aromatic ring is 1. The minimum atomic E-state index is -0.472. The van der Waals surface area contributed by atoms with Gasteiger partial charge < -0.3 is 11.5 Å². The van der Waals surface area contributed by atoms with Crippen LogP contribution in [0.4, 0.5) is 5.69 Å². The fourth-order valence-electron chi connectivity index (χ4n) is 1.02. The van der Waals surface area contributed by atoms with Gasteiger partial charge in [0.2, 0.25) is 5.91 Å². The predicted octanol–water partition coefficient (Wildman–Crippen LogP) is 1.08. The molecule has 4 N–H and O–H groups in total. The first-order chi connectivity index (χ1) is 6.09. The van der Waals surface area contributed by atoms with Crippen molar-refractivity contribution < 1.29 is 4.79 Å². The van der Waals surface area contributed by atoms with Crippen molar-refractivity contribution in [1.29, 1.82) is 0 Å². The molecule has 0 saturated heterocycles. The van der Waals surface area contributed by atoms with E-state index in [2.05, 4.69) is 0 Å². The molecule has 0 bridgehead atoms. The third-order valence-electron chi connectivity index (χ3n) is 1.67. The molecular formula is C10H12N2O. The van der Waals surface area contributed by atoms with Gasteiger partial charge in [0.05, 0.1) is 0 Å². The molecule has 0 saturated carbocycles. The van der Waals surface area contributed by atoms with Gasteiger partial charge in [0.1, 0.15) is 0 Å². The molecule has 0 aliphatic carbocycles. The largest absolute Gasteiger partial charge is 0.398 e. The Kier molecular flexibility index (Phi) is 2.69. The molecule has 0 spiro atoms. The van der Waals surface area contributed by atoms with Gasteiger partial charge >= 0.3 is 0 Å². The van der Waals surface area contributed by atoms with E-state index in [1.54, 1.807) is 6.08 Å². The number of rotatable bonds is 2. The number of anilines is 1. The van der Waals surface area contributed by atoms with Crippen LogP contribution in [0.5, 0.6) is 0 Å². The second-order valence-corrected chi connectivity index (χ2v) is 2.87. The number of carbonyl (C=O) groups is 1. The quantitative estimate of drug-likeness (QED) is 0.523. The lowest BCUT2D eigenvalue weighted by molar-refractivity contribution is -0.113. The minimum Gasteiger partial charge on any atom is -0.398 e. The van der Waals surface area contributed by atoms with Crippen molar-refractivity contribution in [2.45, 2.75) is 6.92 Å². The lowest BCUT2D eigenvalue weighted by Gasteiger charge is -2.00. The summed E-state index contributed by atoms with van der Waals surface area (Å²) in [6.07, 6.45) is 2.90. The van der Waals surface area contributed by atoms with E-state index in [1.165, 1.54) is 6.08 Å². The summed E-state index contributed by atoms with van der Waals surface area (Å²) in [5.74, 6) is -0.472. The zero-order valence-corrected chi connectivity index (χ0v) is 7.45. The summed E-state index contributed by atoms with van der Waals surface area (Å²) in [6, 6.07) is 5.63. The van der Waals surface area contributed by atoms with Crippen LogP contribution >= 0.6 is 0 Å². The first kappa shape index (κ1) is 9.32. The Bertz CT molecular complexity index is 356. The number of benzene rings is 1. The van der Waals surface area contributed by atoms with E-state index in [1.807, 2.05) is 25.1 Å². The van der Waals surface area contributed by atoms with E-state index in [9.17, 15) is 4.79 Å². The normalized spacial score (nSPS) is 10.5. The Morgan fingerprint density at radius 3 is 2.69 bits per heavy atom. The summed E-state index contributed by atoms with van der Waals surface area (Å²) in [5.41, 5.74) is 13.2. The summed E-state index contributed by atoms with van der Waals surface area (Å²) < 4.78 is 0. The summed E-state index contributed by atoms with van der Waals surface area (Å²) in [6.45, 7) is 1.96. The minimum absolute atomic E-state index is 0.472. The van der Waals surface area contributed by atoms with Gasteiger partial charge in [-0.2, -0.15) is 0 Å². The third kappa shape index (κ3) is 2.63. The fraction of sp³-hybridized carbons (Fsp3) is 0.100. The van der Waals surface area contributed by atoms with Crippen LogP contribution in [0.15, 0.2) is 24.3 Å². The Labute approximate surface area is 77.0 Å². The van der Waals surface area contributed by atoms with Crippen LogP contribution in [0.1, 0.15) is 11.1 Å². The molecule has 1 aromatic rings. The van der Waals surface area contributed by atoms with Crippen molar-refractivity contribution in [3.05, 3.63) is 35.4 Å². The Morgan fingerprint density at radius 1 is 1.46 bits per heavy atom. The molecule has 3 nitrogen and oxygen atoms in total. The van der Waals surface area contributed by atoms with E-state index >= 15 is 0 Å². The maximum absolute atomic E-state index is 10.4. The van der Waals surface area contributed by atoms with Crippen molar-refractivity contribution in [3.8, 4) is 0 Å². The number of primary amides is 1. The van der Waals surface area contributed by atoms with Crippen LogP contribution < -0.4 is 11.5 Å². The van der Waals surface area contributed by atoms with Gasteiger partial charge in [-0.15, -0.1) is 0 Å². The van der Waals surface area contributed by atoms with Gasteiger partial charge in [-0.25, -0.2) is 0 Å². The van der Waals surface area contributed by atoms with Crippen molar-refractivity contribution in [3.63, 3.8) is 0 Å². The first-order valence-electron chi connectivity index (χ1n) is 3.93. The van der Waals surface area contributed by atoms with Crippen molar-refractivity contribution >= 4 is 17.7 Å². The molecule has 0 heterocycles. The topological polar surface area (TPSA) is 69.1 Å². The molecule has 0 radical (unpaired) electrons. The van der Waals surface area contributed by atoms with Crippen LogP contribution in [0.25, 0.3) is 6.08 Å². The molecular weight excluding hydrogens is 164 g/mol. The van der Waals surface area contributed by atoms with E-state index < -0.39 is 5.91 Å². The number of nitrogens with two attached hydrogens (primary N) is 2. The molecule has 0 aliphatic heterocycles. The molecule has 0 fully saturated rings. The molecule has 0 aromatic heterocycles. The second kappa shape index (κ2) is 3.76. The average molecular weight is 176 g/mol. The Hall–Kier alpha value is -1.77. The third-order valence-corrected chi connectivity index (χ3v) is 1.67. The predicted molar refractivity (Wildman–Crippen MR) is 53.8 cm³/mol. The standard InChI is InChI=1S/C10H12N2O/c1-7-2-3-8(9(11)6-7)4-5-10(12)13/h2-6H,11H2,1H3,(H2,12,13)/b5-4+. The average Bonchev–Trinajstić information content (AvgIpc) is 2.02.